The Morgan fingerprint density at radius 3 is 2.94 bits per heavy atom. The summed E-state index contributed by atoms with van der Waals surface area (Å²) in [6.45, 7) is 2.60. The molecule has 92 valence electrons. The van der Waals surface area contributed by atoms with Crippen LogP contribution in [-0.2, 0) is 11.3 Å². The lowest BCUT2D eigenvalue weighted by Gasteiger charge is -2.29. The Labute approximate surface area is 105 Å². The molecular weight excluding hydrogens is 230 g/mol. The Bertz CT molecular complexity index is 591. The molecule has 0 fully saturated rings. The van der Waals surface area contributed by atoms with Gasteiger partial charge >= 0.3 is 6.09 Å². The minimum atomic E-state index is -0.334. The van der Waals surface area contributed by atoms with Crippen LogP contribution in [0.1, 0.15) is 12.7 Å². The summed E-state index contributed by atoms with van der Waals surface area (Å²) in [4.78, 5) is 17.8. The van der Waals surface area contributed by atoms with Gasteiger partial charge in [-0.25, -0.2) is 9.78 Å². The maximum atomic E-state index is 12.0. The standard InChI is InChI=1S/C13H13N3O2/c1-2-18-13(17)16-9-12-14-7-8-15(12)10-5-3-4-6-11(10)16/h3-8H,2,9H2,1H3. The van der Waals surface area contributed by atoms with Gasteiger partial charge in [0.15, 0.2) is 0 Å². The molecule has 0 saturated heterocycles. The number of hydrogen-bond donors (Lipinski definition) is 0. The third-order valence-corrected chi connectivity index (χ3v) is 2.94. The van der Waals surface area contributed by atoms with Crippen LogP contribution in [0.4, 0.5) is 10.5 Å². The minimum Gasteiger partial charge on any atom is -0.449 e. The first-order valence-corrected chi connectivity index (χ1v) is 5.87. The van der Waals surface area contributed by atoms with Gasteiger partial charge in [-0.3, -0.25) is 4.90 Å². The zero-order valence-corrected chi connectivity index (χ0v) is 10.0. The third kappa shape index (κ3) is 1.55. The number of ether oxygens (including phenoxy) is 1. The monoisotopic (exact) mass is 243 g/mol. The van der Waals surface area contributed by atoms with Crippen molar-refractivity contribution in [1.29, 1.82) is 0 Å². The van der Waals surface area contributed by atoms with Gasteiger partial charge in [0.25, 0.3) is 0 Å². The molecule has 5 nitrogen and oxygen atoms in total. The summed E-state index contributed by atoms with van der Waals surface area (Å²) in [5.41, 5.74) is 1.80. The predicted molar refractivity (Wildman–Crippen MR) is 66.8 cm³/mol. The Morgan fingerprint density at radius 2 is 2.17 bits per heavy atom. The fourth-order valence-electron chi connectivity index (χ4n) is 2.16. The molecule has 1 amide bonds. The molecule has 0 radical (unpaired) electrons. The van der Waals surface area contributed by atoms with Crippen molar-refractivity contribution in [3.8, 4) is 5.69 Å². The summed E-state index contributed by atoms with van der Waals surface area (Å²) in [6.07, 6.45) is 3.30. The van der Waals surface area contributed by atoms with E-state index < -0.39 is 0 Å². The summed E-state index contributed by atoms with van der Waals surface area (Å²) in [7, 11) is 0. The Kier molecular flexibility index (Phi) is 2.51. The number of aromatic nitrogens is 2. The van der Waals surface area contributed by atoms with Gasteiger partial charge in [0.2, 0.25) is 0 Å². The van der Waals surface area contributed by atoms with Crippen LogP contribution in [0, 0.1) is 0 Å². The van der Waals surface area contributed by atoms with Gasteiger partial charge in [-0.15, -0.1) is 0 Å². The van der Waals surface area contributed by atoms with E-state index in [9.17, 15) is 4.79 Å². The average molecular weight is 243 g/mol. The van der Waals surface area contributed by atoms with Gasteiger partial charge in [0.1, 0.15) is 5.82 Å². The molecule has 0 saturated carbocycles. The smallest absolute Gasteiger partial charge is 0.414 e. The van der Waals surface area contributed by atoms with E-state index in [1.165, 1.54) is 0 Å². The Hall–Kier alpha value is -2.30. The first-order chi connectivity index (χ1) is 8.81. The van der Waals surface area contributed by atoms with E-state index in [1.54, 1.807) is 18.0 Å². The SMILES string of the molecule is CCOC(=O)N1Cc2nccn2-c2ccccc21. The van der Waals surface area contributed by atoms with E-state index in [0.29, 0.717) is 13.2 Å². The van der Waals surface area contributed by atoms with E-state index in [1.807, 2.05) is 35.0 Å². The lowest BCUT2D eigenvalue weighted by Crippen LogP contribution is -2.35. The molecule has 0 bridgehead atoms. The summed E-state index contributed by atoms with van der Waals surface area (Å²) in [5, 5.41) is 0. The molecule has 0 spiro atoms. The highest BCUT2D eigenvalue weighted by Crippen LogP contribution is 2.31. The summed E-state index contributed by atoms with van der Waals surface area (Å²) in [6, 6.07) is 7.73. The van der Waals surface area contributed by atoms with Crippen molar-refractivity contribution in [2.75, 3.05) is 11.5 Å². The second-order valence-corrected chi connectivity index (χ2v) is 3.99. The number of benzene rings is 1. The van der Waals surface area contributed by atoms with Crippen LogP contribution in [0.3, 0.4) is 0 Å². The van der Waals surface area contributed by atoms with Crippen LogP contribution < -0.4 is 4.90 Å². The molecule has 3 rings (SSSR count). The Balaban J connectivity index is 2.09. The molecule has 1 aromatic heterocycles. The van der Waals surface area contributed by atoms with Gasteiger partial charge in [-0.05, 0) is 19.1 Å². The minimum absolute atomic E-state index is 0.334. The van der Waals surface area contributed by atoms with Crippen LogP contribution >= 0.6 is 0 Å². The van der Waals surface area contributed by atoms with Crippen LogP contribution in [-0.4, -0.2) is 22.3 Å². The van der Waals surface area contributed by atoms with E-state index >= 15 is 0 Å². The zero-order valence-electron chi connectivity index (χ0n) is 10.0. The van der Waals surface area contributed by atoms with Crippen LogP contribution in [0.15, 0.2) is 36.7 Å². The first-order valence-electron chi connectivity index (χ1n) is 5.87. The third-order valence-electron chi connectivity index (χ3n) is 2.94. The fourth-order valence-corrected chi connectivity index (χ4v) is 2.16. The lowest BCUT2D eigenvalue weighted by atomic mass is 10.2. The number of rotatable bonds is 1. The summed E-state index contributed by atoms with van der Waals surface area (Å²) >= 11 is 0. The van der Waals surface area contributed by atoms with Crippen molar-refractivity contribution >= 4 is 11.8 Å². The Morgan fingerprint density at radius 1 is 1.39 bits per heavy atom. The number of amides is 1. The van der Waals surface area contributed by atoms with Gasteiger partial charge in [0.05, 0.1) is 24.5 Å². The number of anilines is 1. The first kappa shape index (κ1) is 10.8. The van der Waals surface area contributed by atoms with Crippen molar-refractivity contribution in [1.82, 2.24) is 9.55 Å². The second-order valence-electron chi connectivity index (χ2n) is 3.99. The molecule has 18 heavy (non-hydrogen) atoms. The van der Waals surface area contributed by atoms with Crippen molar-refractivity contribution in [3.05, 3.63) is 42.5 Å². The number of para-hydroxylation sites is 2. The number of carbonyl (C=O) groups excluding carboxylic acids is 1. The highest BCUT2D eigenvalue weighted by Gasteiger charge is 2.27. The molecule has 0 unspecified atom stereocenters. The molecule has 2 aromatic rings. The van der Waals surface area contributed by atoms with Crippen LogP contribution in [0.2, 0.25) is 0 Å². The second kappa shape index (κ2) is 4.18. The lowest BCUT2D eigenvalue weighted by molar-refractivity contribution is 0.159. The van der Waals surface area contributed by atoms with Crippen molar-refractivity contribution in [2.24, 2.45) is 0 Å². The molecule has 1 aliphatic rings. The summed E-state index contributed by atoms with van der Waals surface area (Å²) < 4.78 is 7.07. The maximum Gasteiger partial charge on any atom is 0.414 e. The maximum absolute atomic E-state index is 12.0. The highest BCUT2D eigenvalue weighted by molar-refractivity contribution is 5.91. The van der Waals surface area contributed by atoms with Crippen LogP contribution in [0.5, 0.6) is 0 Å². The van der Waals surface area contributed by atoms with Crippen molar-refractivity contribution in [2.45, 2.75) is 13.5 Å². The number of carbonyl (C=O) groups is 1. The summed E-state index contributed by atoms with van der Waals surface area (Å²) in [5.74, 6) is 0.835. The van der Waals surface area contributed by atoms with Crippen molar-refractivity contribution in [3.63, 3.8) is 0 Å². The topological polar surface area (TPSA) is 47.4 Å². The van der Waals surface area contributed by atoms with E-state index in [0.717, 1.165) is 17.2 Å². The molecule has 0 aliphatic carbocycles. The number of fused-ring (bicyclic) bond motifs is 3. The molecule has 5 heteroatoms. The number of hydrogen-bond acceptors (Lipinski definition) is 3. The fraction of sp³-hybridized carbons (Fsp3) is 0.231. The van der Waals surface area contributed by atoms with Gasteiger partial charge < -0.3 is 9.30 Å². The molecular formula is C13H13N3O2. The van der Waals surface area contributed by atoms with E-state index in [4.69, 9.17) is 4.74 Å². The van der Waals surface area contributed by atoms with Crippen LogP contribution in [0.25, 0.3) is 5.69 Å². The molecule has 2 heterocycles. The molecule has 0 N–H and O–H groups in total. The average Bonchev–Trinajstić information content (AvgIpc) is 2.86. The molecule has 1 aliphatic heterocycles. The predicted octanol–water partition coefficient (Wildman–Crippen LogP) is 2.35. The van der Waals surface area contributed by atoms with E-state index in [2.05, 4.69) is 4.98 Å². The molecule has 0 atom stereocenters. The number of imidazole rings is 1. The molecule has 1 aromatic carbocycles. The largest absolute Gasteiger partial charge is 0.449 e. The van der Waals surface area contributed by atoms with Gasteiger partial charge in [-0.1, -0.05) is 12.1 Å². The zero-order chi connectivity index (χ0) is 12.5. The number of nitrogens with zero attached hydrogens (tertiary/aromatic N) is 3. The van der Waals surface area contributed by atoms with E-state index in [-0.39, 0.29) is 6.09 Å². The van der Waals surface area contributed by atoms with Crippen molar-refractivity contribution < 1.29 is 9.53 Å². The highest BCUT2D eigenvalue weighted by atomic mass is 16.6. The quantitative estimate of drug-likeness (QED) is 0.772. The van der Waals surface area contributed by atoms with Gasteiger partial charge in [-0.2, -0.15) is 0 Å². The normalized spacial score (nSPS) is 12.8. The van der Waals surface area contributed by atoms with Gasteiger partial charge in [0, 0.05) is 12.4 Å².